The number of hydrogen-bond donors (Lipinski definition) is 0. The van der Waals surface area contributed by atoms with Gasteiger partial charge in [0.15, 0.2) is 0 Å². The Bertz CT molecular complexity index is 772. The van der Waals surface area contributed by atoms with Crippen molar-refractivity contribution in [3.8, 4) is 5.75 Å². The van der Waals surface area contributed by atoms with Crippen LogP contribution in [0.1, 0.15) is 50.5 Å². The van der Waals surface area contributed by atoms with Gasteiger partial charge in [0.2, 0.25) is 5.91 Å². The first kappa shape index (κ1) is 19.2. The van der Waals surface area contributed by atoms with Crippen LogP contribution in [-0.2, 0) is 11.2 Å². The van der Waals surface area contributed by atoms with Crippen molar-refractivity contribution in [3.63, 3.8) is 0 Å². The number of fused-ring (bicyclic) bond motifs is 6. The van der Waals surface area contributed by atoms with Crippen LogP contribution in [0.3, 0.4) is 0 Å². The maximum absolute atomic E-state index is 13.3. The molecule has 4 nitrogen and oxygen atoms in total. The molecule has 0 saturated carbocycles. The van der Waals surface area contributed by atoms with Gasteiger partial charge in [0.1, 0.15) is 5.75 Å². The molecule has 0 radical (unpaired) electrons. The highest BCUT2D eigenvalue weighted by Gasteiger charge is 2.46. The maximum atomic E-state index is 13.3. The number of carbonyl (C=O) groups excluding carboxylic acids is 1. The van der Waals surface area contributed by atoms with E-state index in [2.05, 4.69) is 28.0 Å². The molecule has 29 heavy (non-hydrogen) atoms. The van der Waals surface area contributed by atoms with Gasteiger partial charge < -0.3 is 9.64 Å². The maximum Gasteiger partial charge on any atom is 0.223 e. The average molecular weight is 395 g/mol. The molecule has 0 unspecified atom stereocenters. The second-order valence-corrected chi connectivity index (χ2v) is 9.44. The molecule has 0 aromatic heterocycles. The Morgan fingerprint density at radius 3 is 2.83 bits per heavy atom. The quantitative estimate of drug-likeness (QED) is 0.723. The first-order valence-electron chi connectivity index (χ1n) is 11.6. The Labute approximate surface area is 174 Å². The van der Waals surface area contributed by atoms with Crippen LogP contribution in [0, 0.1) is 11.8 Å². The zero-order valence-corrected chi connectivity index (χ0v) is 17.7. The molecule has 3 saturated heterocycles. The van der Waals surface area contributed by atoms with Gasteiger partial charge in [-0.2, -0.15) is 0 Å². The van der Waals surface area contributed by atoms with Crippen LogP contribution in [-0.4, -0.2) is 54.5 Å². The molecule has 3 aliphatic heterocycles. The fraction of sp³-hybridized carbons (Fsp3) is 0.640. The predicted molar refractivity (Wildman–Crippen MR) is 115 cm³/mol. The van der Waals surface area contributed by atoms with E-state index in [-0.39, 0.29) is 0 Å². The van der Waals surface area contributed by atoms with Crippen molar-refractivity contribution in [3.05, 3.63) is 41.5 Å². The number of ether oxygens (including phenoxy) is 1. The van der Waals surface area contributed by atoms with Crippen LogP contribution >= 0.6 is 0 Å². The fourth-order valence-electron chi connectivity index (χ4n) is 6.44. The first-order chi connectivity index (χ1) is 14.2. The van der Waals surface area contributed by atoms with Gasteiger partial charge in [-0.05, 0) is 74.6 Å². The standard InChI is InChI=1S/C25H34N2O2/c1-29-22-10-7-18(8-11-22)9-12-24(28)27-14-4-5-19-15-20-16-21(25(19)27)17-26-13-3-2-6-23(20)26/h7-8,10-11,15,20-21,23,25H,2-6,9,12-14,16-17H2,1H3/t20-,21-,23+,25-/m0/s1. The van der Waals surface area contributed by atoms with E-state index in [9.17, 15) is 4.79 Å². The summed E-state index contributed by atoms with van der Waals surface area (Å²) in [7, 11) is 1.69. The summed E-state index contributed by atoms with van der Waals surface area (Å²) < 4.78 is 5.24. The molecule has 3 heterocycles. The summed E-state index contributed by atoms with van der Waals surface area (Å²) in [6.07, 6.45) is 11.8. The number of benzene rings is 1. The highest BCUT2D eigenvalue weighted by molar-refractivity contribution is 5.77. The number of nitrogens with zero attached hydrogens (tertiary/aromatic N) is 2. The lowest BCUT2D eigenvalue weighted by Crippen LogP contribution is -2.60. The lowest BCUT2D eigenvalue weighted by Gasteiger charge is -2.54. The normalized spacial score (nSPS) is 31.5. The SMILES string of the molecule is COc1ccc(CCC(=O)N2CCCC3=C[C@H]4C[C@@H](CN5CCCC[C@H]45)[C@H]32)cc1. The van der Waals surface area contributed by atoms with Crippen LogP contribution < -0.4 is 4.74 Å². The predicted octanol–water partition coefficient (Wildman–Crippen LogP) is 4.05. The molecular weight excluding hydrogens is 360 g/mol. The highest BCUT2D eigenvalue weighted by atomic mass is 16.5. The van der Waals surface area contributed by atoms with Crippen LogP contribution in [0.5, 0.6) is 5.75 Å². The number of methoxy groups -OCH3 is 1. The van der Waals surface area contributed by atoms with E-state index in [0.717, 1.165) is 37.1 Å². The minimum absolute atomic E-state index is 0.343. The van der Waals surface area contributed by atoms with Gasteiger partial charge in [-0.1, -0.05) is 30.2 Å². The minimum atomic E-state index is 0.343. The number of carbonyl (C=O) groups is 1. The van der Waals surface area contributed by atoms with E-state index in [1.54, 1.807) is 12.7 Å². The van der Waals surface area contributed by atoms with E-state index in [4.69, 9.17) is 4.74 Å². The Morgan fingerprint density at radius 1 is 1.14 bits per heavy atom. The summed E-state index contributed by atoms with van der Waals surface area (Å²) in [5.74, 6) is 2.58. The monoisotopic (exact) mass is 394 g/mol. The van der Waals surface area contributed by atoms with Gasteiger partial charge in [0.25, 0.3) is 0 Å². The molecule has 156 valence electrons. The Balaban J connectivity index is 1.29. The summed E-state index contributed by atoms with van der Waals surface area (Å²) in [6.45, 7) is 3.40. The Morgan fingerprint density at radius 2 is 2.00 bits per heavy atom. The molecule has 1 aromatic carbocycles. The summed E-state index contributed by atoms with van der Waals surface area (Å²) in [6, 6.07) is 9.27. The molecule has 2 bridgehead atoms. The van der Waals surface area contributed by atoms with Crippen molar-refractivity contribution < 1.29 is 9.53 Å². The van der Waals surface area contributed by atoms with E-state index < -0.39 is 0 Å². The Kier molecular flexibility index (Phi) is 5.38. The molecule has 4 aliphatic rings. The summed E-state index contributed by atoms with van der Waals surface area (Å²) in [5, 5.41) is 0. The topological polar surface area (TPSA) is 32.8 Å². The Hall–Kier alpha value is -1.81. The number of likely N-dealkylation sites (tertiary alicyclic amines) is 1. The summed E-state index contributed by atoms with van der Waals surface area (Å²) in [4.78, 5) is 18.3. The molecular formula is C25H34N2O2. The van der Waals surface area contributed by atoms with Crippen molar-refractivity contribution >= 4 is 5.91 Å². The van der Waals surface area contributed by atoms with Gasteiger partial charge in [-0.3, -0.25) is 9.69 Å². The van der Waals surface area contributed by atoms with Crippen LogP contribution in [0.4, 0.5) is 0 Å². The van der Waals surface area contributed by atoms with E-state index in [1.807, 2.05) is 12.1 Å². The van der Waals surface area contributed by atoms with E-state index in [0.29, 0.717) is 24.3 Å². The molecule has 4 heteroatoms. The third-order valence-corrected chi connectivity index (χ3v) is 7.76. The van der Waals surface area contributed by atoms with Crippen molar-refractivity contribution in [2.45, 2.75) is 63.5 Å². The van der Waals surface area contributed by atoms with Gasteiger partial charge in [0.05, 0.1) is 13.2 Å². The first-order valence-corrected chi connectivity index (χ1v) is 11.6. The average Bonchev–Trinajstić information content (AvgIpc) is 2.77. The zero-order valence-electron chi connectivity index (χ0n) is 17.7. The lowest BCUT2D eigenvalue weighted by atomic mass is 9.68. The van der Waals surface area contributed by atoms with Gasteiger partial charge >= 0.3 is 0 Å². The van der Waals surface area contributed by atoms with Crippen LogP contribution in [0.15, 0.2) is 35.9 Å². The minimum Gasteiger partial charge on any atom is -0.497 e. The van der Waals surface area contributed by atoms with Crippen molar-refractivity contribution in [2.24, 2.45) is 11.8 Å². The molecule has 4 atom stereocenters. The summed E-state index contributed by atoms with van der Waals surface area (Å²) in [5.41, 5.74) is 2.80. The van der Waals surface area contributed by atoms with Gasteiger partial charge in [0, 0.05) is 25.6 Å². The number of hydrogen-bond acceptors (Lipinski definition) is 3. The largest absolute Gasteiger partial charge is 0.497 e. The molecule has 1 aliphatic carbocycles. The van der Waals surface area contributed by atoms with E-state index in [1.165, 1.54) is 50.8 Å². The lowest BCUT2D eigenvalue weighted by molar-refractivity contribution is -0.136. The zero-order chi connectivity index (χ0) is 19.8. The number of amides is 1. The second-order valence-electron chi connectivity index (χ2n) is 9.44. The van der Waals surface area contributed by atoms with Gasteiger partial charge in [-0.25, -0.2) is 0 Å². The third-order valence-electron chi connectivity index (χ3n) is 7.76. The fourth-order valence-corrected chi connectivity index (χ4v) is 6.44. The number of rotatable bonds is 4. The van der Waals surface area contributed by atoms with Gasteiger partial charge in [-0.15, -0.1) is 0 Å². The molecule has 3 fully saturated rings. The highest BCUT2D eigenvalue weighted by Crippen LogP contribution is 2.45. The molecule has 5 rings (SSSR count). The van der Waals surface area contributed by atoms with Crippen molar-refractivity contribution in [1.82, 2.24) is 9.80 Å². The number of aryl methyl sites for hydroxylation is 1. The van der Waals surface area contributed by atoms with E-state index >= 15 is 0 Å². The molecule has 0 N–H and O–H groups in total. The number of piperidine rings is 3. The molecule has 1 amide bonds. The molecule has 1 aromatic rings. The third kappa shape index (κ3) is 3.72. The van der Waals surface area contributed by atoms with Crippen LogP contribution in [0.25, 0.3) is 0 Å². The second kappa shape index (κ2) is 8.14. The molecule has 0 spiro atoms. The van der Waals surface area contributed by atoms with Crippen molar-refractivity contribution in [1.29, 1.82) is 0 Å². The van der Waals surface area contributed by atoms with Crippen molar-refractivity contribution in [2.75, 3.05) is 26.7 Å². The smallest absolute Gasteiger partial charge is 0.223 e. The summed E-state index contributed by atoms with van der Waals surface area (Å²) >= 11 is 0. The van der Waals surface area contributed by atoms with Crippen LogP contribution in [0.2, 0.25) is 0 Å².